The highest BCUT2D eigenvalue weighted by Gasteiger charge is 2.10. The number of rotatable bonds is 7. The van der Waals surface area contributed by atoms with Crippen LogP contribution in [0.25, 0.3) is 0 Å². The predicted octanol–water partition coefficient (Wildman–Crippen LogP) is -0.609. The van der Waals surface area contributed by atoms with Crippen LogP contribution in [0.3, 0.4) is 0 Å². The molecule has 0 saturated carbocycles. The molecule has 1 heterocycles. The molecule has 17 heavy (non-hydrogen) atoms. The van der Waals surface area contributed by atoms with Crippen LogP contribution in [0.1, 0.15) is 12.6 Å². The van der Waals surface area contributed by atoms with E-state index in [9.17, 15) is 9.90 Å². The first-order chi connectivity index (χ1) is 8.15. The molecule has 0 aliphatic heterocycles. The Hall–Kier alpha value is -1.47. The molecule has 1 N–H and O–H groups in total. The van der Waals surface area contributed by atoms with Crippen LogP contribution in [0.2, 0.25) is 0 Å². The Morgan fingerprint density at radius 2 is 2.41 bits per heavy atom. The number of esters is 1. The van der Waals surface area contributed by atoms with Crippen molar-refractivity contribution in [2.45, 2.75) is 26.0 Å². The largest absolute Gasteiger partial charge is 0.465 e. The third-order valence-electron chi connectivity index (χ3n) is 1.99. The number of aromatic nitrogens is 3. The number of methoxy groups -OCH3 is 1. The highest BCUT2D eigenvalue weighted by Crippen LogP contribution is 1.99. The predicted molar refractivity (Wildman–Crippen MR) is 58.2 cm³/mol. The summed E-state index contributed by atoms with van der Waals surface area (Å²) in [6, 6.07) is 0. The summed E-state index contributed by atoms with van der Waals surface area (Å²) in [6.07, 6.45) is 1.33. The molecule has 0 spiro atoms. The van der Waals surface area contributed by atoms with Crippen molar-refractivity contribution in [2.24, 2.45) is 0 Å². The molecule has 7 heteroatoms. The van der Waals surface area contributed by atoms with Crippen LogP contribution in [0, 0.1) is 0 Å². The van der Waals surface area contributed by atoms with E-state index >= 15 is 0 Å². The molecule has 7 nitrogen and oxygen atoms in total. The Balaban J connectivity index is 2.45. The molecule has 0 fully saturated rings. The van der Waals surface area contributed by atoms with E-state index in [0.717, 1.165) is 0 Å². The van der Waals surface area contributed by atoms with Crippen molar-refractivity contribution in [2.75, 3.05) is 20.3 Å². The van der Waals surface area contributed by atoms with Gasteiger partial charge in [0.15, 0.2) is 0 Å². The second kappa shape index (κ2) is 6.97. The minimum atomic E-state index is -0.618. The van der Waals surface area contributed by atoms with Crippen molar-refractivity contribution in [1.82, 2.24) is 15.0 Å². The lowest BCUT2D eigenvalue weighted by Crippen LogP contribution is -2.17. The standard InChI is InChI=1S/C10H17N3O4/c1-3-17-10(15)6-13-5-8(11-12-13)4-9(14)7-16-2/h5,9,14H,3-4,6-7H2,1-2H3. The summed E-state index contributed by atoms with van der Waals surface area (Å²) >= 11 is 0. The number of carbonyl (C=O) groups excluding carboxylic acids is 1. The summed E-state index contributed by atoms with van der Waals surface area (Å²) in [5.74, 6) is -0.360. The minimum Gasteiger partial charge on any atom is -0.465 e. The zero-order valence-corrected chi connectivity index (χ0v) is 10.00. The van der Waals surface area contributed by atoms with Crippen LogP contribution in [-0.4, -0.2) is 52.5 Å². The summed E-state index contributed by atoms with van der Waals surface area (Å²) in [4.78, 5) is 11.2. The summed E-state index contributed by atoms with van der Waals surface area (Å²) in [5, 5.41) is 17.1. The van der Waals surface area contributed by atoms with Gasteiger partial charge in [0.25, 0.3) is 0 Å². The number of nitrogens with zero attached hydrogens (tertiary/aromatic N) is 3. The molecular weight excluding hydrogens is 226 g/mol. The topological polar surface area (TPSA) is 86.5 Å². The average molecular weight is 243 g/mol. The Labute approximate surface area is 99.3 Å². The smallest absolute Gasteiger partial charge is 0.327 e. The van der Waals surface area contributed by atoms with Gasteiger partial charge in [0, 0.05) is 19.7 Å². The van der Waals surface area contributed by atoms with Gasteiger partial charge in [-0.3, -0.25) is 4.79 Å². The monoisotopic (exact) mass is 243 g/mol. The molecule has 1 aromatic rings. The molecule has 0 aliphatic rings. The van der Waals surface area contributed by atoms with Gasteiger partial charge in [0.05, 0.1) is 25.0 Å². The first-order valence-corrected chi connectivity index (χ1v) is 5.37. The van der Waals surface area contributed by atoms with Crippen molar-refractivity contribution in [3.63, 3.8) is 0 Å². The zero-order chi connectivity index (χ0) is 12.7. The van der Waals surface area contributed by atoms with E-state index in [1.165, 1.54) is 11.8 Å². The van der Waals surface area contributed by atoms with E-state index in [0.29, 0.717) is 18.7 Å². The lowest BCUT2D eigenvalue weighted by molar-refractivity contribution is -0.144. The third kappa shape index (κ3) is 4.92. The molecule has 0 bridgehead atoms. The minimum absolute atomic E-state index is 0.0290. The summed E-state index contributed by atoms with van der Waals surface area (Å²) in [5.41, 5.74) is 0.610. The lowest BCUT2D eigenvalue weighted by Gasteiger charge is -2.05. The van der Waals surface area contributed by atoms with Gasteiger partial charge in [-0.1, -0.05) is 5.21 Å². The SMILES string of the molecule is CCOC(=O)Cn1cc(CC(O)COC)nn1. The van der Waals surface area contributed by atoms with Crippen molar-refractivity contribution in [1.29, 1.82) is 0 Å². The molecule has 1 aromatic heterocycles. The number of aliphatic hydroxyl groups excluding tert-OH is 1. The van der Waals surface area contributed by atoms with Gasteiger partial charge in [0.1, 0.15) is 6.54 Å². The molecule has 0 radical (unpaired) electrons. The van der Waals surface area contributed by atoms with Gasteiger partial charge < -0.3 is 14.6 Å². The van der Waals surface area contributed by atoms with Gasteiger partial charge >= 0.3 is 5.97 Å². The fourth-order valence-corrected chi connectivity index (χ4v) is 1.34. The Bertz CT molecular complexity index is 353. The van der Waals surface area contributed by atoms with E-state index < -0.39 is 6.10 Å². The Morgan fingerprint density at radius 3 is 3.06 bits per heavy atom. The molecule has 0 aliphatic carbocycles. The van der Waals surface area contributed by atoms with Gasteiger partial charge in [-0.25, -0.2) is 4.68 Å². The number of aliphatic hydroxyl groups is 1. The van der Waals surface area contributed by atoms with Gasteiger partial charge in [-0.15, -0.1) is 5.10 Å². The van der Waals surface area contributed by atoms with Crippen molar-refractivity contribution < 1.29 is 19.4 Å². The highest BCUT2D eigenvalue weighted by atomic mass is 16.5. The van der Waals surface area contributed by atoms with Gasteiger partial charge in [0.2, 0.25) is 0 Å². The van der Waals surface area contributed by atoms with Crippen LogP contribution >= 0.6 is 0 Å². The van der Waals surface area contributed by atoms with Gasteiger partial charge in [-0.2, -0.15) is 0 Å². The average Bonchev–Trinajstić information content (AvgIpc) is 2.66. The quantitative estimate of drug-likeness (QED) is 0.643. The van der Waals surface area contributed by atoms with Crippen LogP contribution in [0.5, 0.6) is 0 Å². The van der Waals surface area contributed by atoms with E-state index in [-0.39, 0.29) is 19.1 Å². The van der Waals surface area contributed by atoms with E-state index in [1.54, 1.807) is 13.1 Å². The summed E-state index contributed by atoms with van der Waals surface area (Å²) in [6.45, 7) is 2.35. The number of hydrogen-bond acceptors (Lipinski definition) is 6. The highest BCUT2D eigenvalue weighted by molar-refractivity contribution is 5.68. The number of carbonyl (C=O) groups is 1. The van der Waals surface area contributed by atoms with Crippen molar-refractivity contribution >= 4 is 5.97 Å². The number of hydrogen-bond donors (Lipinski definition) is 1. The van der Waals surface area contributed by atoms with E-state index in [1.807, 2.05) is 0 Å². The maximum atomic E-state index is 11.2. The fourth-order valence-electron chi connectivity index (χ4n) is 1.34. The molecular formula is C10H17N3O4. The molecule has 0 amide bonds. The van der Waals surface area contributed by atoms with Crippen LogP contribution in [0.15, 0.2) is 6.20 Å². The van der Waals surface area contributed by atoms with Crippen LogP contribution in [-0.2, 0) is 27.2 Å². The second-order valence-electron chi connectivity index (χ2n) is 3.53. The molecule has 1 atom stereocenters. The summed E-state index contributed by atoms with van der Waals surface area (Å²) in [7, 11) is 1.51. The Kier molecular flexibility index (Phi) is 5.58. The molecule has 0 aromatic carbocycles. The van der Waals surface area contributed by atoms with E-state index in [4.69, 9.17) is 9.47 Å². The second-order valence-corrected chi connectivity index (χ2v) is 3.53. The fraction of sp³-hybridized carbons (Fsp3) is 0.700. The molecule has 0 saturated heterocycles. The van der Waals surface area contributed by atoms with Crippen molar-refractivity contribution in [3.05, 3.63) is 11.9 Å². The van der Waals surface area contributed by atoms with Gasteiger partial charge in [-0.05, 0) is 6.92 Å². The maximum absolute atomic E-state index is 11.2. The first-order valence-electron chi connectivity index (χ1n) is 5.37. The van der Waals surface area contributed by atoms with Crippen molar-refractivity contribution in [3.8, 4) is 0 Å². The zero-order valence-electron chi connectivity index (χ0n) is 10.00. The molecule has 1 unspecified atom stereocenters. The molecule has 96 valence electrons. The Morgan fingerprint density at radius 1 is 1.65 bits per heavy atom. The number of ether oxygens (including phenoxy) is 2. The lowest BCUT2D eigenvalue weighted by atomic mass is 10.2. The maximum Gasteiger partial charge on any atom is 0.327 e. The third-order valence-corrected chi connectivity index (χ3v) is 1.99. The molecule has 1 rings (SSSR count). The summed E-state index contributed by atoms with van der Waals surface area (Å²) < 4.78 is 11.0. The van der Waals surface area contributed by atoms with Crippen LogP contribution in [0.4, 0.5) is 0 Å². The van der Waals surface area contributed by atoms with E-state index in [2.05, 4.69) is 10.3 Å². The first kappa shape index (κ1) is 13.6. The van der Waals surface area contributed by atoms with Crippen LogP contribution < -0.4 is 0 Å². The normalized spacial score (nSPS) is 12.4.